The molecule has 2 N–H and O–H groups in total. The first-order valence-corrected chi connectivity index (χ1v) is 8.44. The Morgan fingerprint density at radius 2 is 1.85 bits per heavy atom. The second kappa shape index (κ2) is 7.77. The molecule has 0 saturated heterocycles. The minimum absolute atomic E-state index is 0.189. The number of hydrogen-bond donors (Lipinski definition) is 2. The Morgan fingerprint density at radius 3 is 2.65 bits per heavy atom. The molecule has 0 radical (unpaired) electrons. The third-order valence-electron chi connectivity index (χ3n) is 3.83. The summed E-state index contributed by atoms with van der Waals surface area (Å²) in [5, 5.41) is 7.09. The lowest BCUT2D eigenvalue weighted by atomic mass is 10.2. The quantitative estimate of drug-likeness (QED) is 0.664. The van der Waals surface area contributed by atoms with Crippen LogP contribution in [-0.4, -0.2) is 48.0 Å². The Labute approximate surface area is 152 Å². The number of rotatable bonds is 6. The highest BCUT2D eigenvalue weighted by atomic mass is 16.1. The van der Waals surface area contributed by atoms with E-state index in [-0.39, 0.29) is 5.91 Å². The van der Waals surface area contributed by atoms with Crippen LogP contribution in [-0.2, 0) is 0 Å². The number of nitrogens with zero attached hydrogens (tertiary/aromatic N) is 4. The van der Waals surface area contributed by atoms with Crippen LogP contribution in [0.3, 0.4) is 0 Å². The third kappa shape index (κ3) is 4.24. The van der Waals surface area contributed by atoms with E-state index in [1.54, 1.807) is 6.07 Å². The maximum absolute atomic E-state index is 12.3. The fraction of sp³-hybridized carbons (Fsp3) is 0.263. The average molecular weight is 350 g/mol. The topological polar surface area (TPSA) is 83.0 Å². The van der Waals surface area contributed by atoms with Gasteiger partial charge in [0.05, 0.1) is 5.52 Å². The fourth-order valence-electron chi connectivity index (χ4n) is 2.52. The summed E-state index contributed by atoms with van der Waals surface area (Å²) in [6.07, 6.45) is 0. The molecule has 0 bridgehead atoms. The summed E-state index contributed by atoms with van der Waals surface area (Å²) >= 11 is 0. The zero-order chi connectivity index (χ0) is 18.5. The molecule has 3 aromatic rings. The maximum atomic E-state index is 12.3. The molecule has 0 aliphatic carbocycles. The van der Waals surface area contributed by atoms with Gasteiger partial charge in [0.2, 0.25) is 0 Å². The highest BCUT2D eigenvalue weighted by molar-refractivity contribution is 5.94. The van der Waals surface area contributed by atoms with Crippen molar-refractivity contribution >= 4 is 28.4 Å². The molecule has 1 amide bonds. The van der Waals surface area contributed by atoms with E-state index in [4.69, 9.17) is 0 Å². The van der Waals surface area contributed by atoms with Gasteiger partial charge in [-0.25, -0.2) is 15.0 Å². The number of carbonyl (C=O) groups excluding carboxylic acids is 1. The molecule has 7 nitrogen and oxygen atoms in total. The monoisotopic (exact) mass is 350 g/mol. The number of aromatic nitrogens is 3. The number of para-hydroxylation sites is 1. The second-order valence-electron chi connectivity index (χ2n) is 6.12. The van der Waals surface area contributed by atoms with E-state index < -0.39 is 0 Å². The Kier molecular flexibility index (Phi) is 5.26. The van der Waals surface area contributed by atoms with Gasteiger partial charge >= 0.3 is 0 Å². The van der Waals surface area contributed by atoms with E-state index in [0.717, 1.165) is 22.5 Å². The lowest BCUT2D eigenvalue weighted by Crippen LogP contribution is -2.29. The molecular weight excluding hydrogens is 328 g/mol. The molecule has 134 valence electrons. The number of carbonyl (C=O) groups is 1. The van der Waals surface area contributed by atoms with E-state index in [1.807, 2.05) is 62.3 Å². The van der Waals surface area contributed by atoms with Crippen LogP contribution in [0, 0.1) is 6.92 Å². The fourth-order valence-corrected chi connectivity index (χ4v) is 2.52. The molecule has 0 fully saturated rings. The van der Waals surface area contributed by atoms with Crippen molar-refractivity contribution < 1.29 is 4.79 Å². The smallest absolute Gasteiger partial charge is 0.269 e. The zero-order valence-electron chi connectivity index (χ0n) is 15.2. The van der Waals surface area contributed by atoms with Crippen molar-refractivity contribution in [3.05, 3.63) is 54.0 Å². The highest BCUT2D eigenvalue weighted by Crippen LogP contribution is 2.13. The van der Waals surface area contributed by atoms with Gasteiger partial charge in [-0.05, 0) is 19.1 Å². The molecule has 0 spiro atoms. The largest absolute Gasteiger partial charge is 0.368 e. The summed E-state index contributed by atoms with van der Waals surface area (Å²) in [7, 11) is 3.87. The number of pyridine rings is 1. The number of aryl methyl sites for hydroxylation is 1. The summed E-state index contributed by atoms with van der Waals surface area (Å²) in [6.45, 7) is 2.88. The molecular formula is C19H22N6O. The second-order valence-corrected chi connectivity index (χ2v) is 6.12. The van der Waals surface area contributed by atoms with Gasteiger partial charge in [-0.15, -0.1) is 0 Å². The molecule has 0 aliphatic heterocycles. The average Bonchev–Trinajstić information content (AvgIpc) is 2.64. The van der Waals surface area contributed by atoms with Crippen LogP contribution < -0.4 is 15.5 Å². The highest BCUT2D eigenvalue weighted by Gasteiger charge is 2.08. The van der Waals surface area contributed by atoms with Crippen molar-refractivity contribution in [1.82, 2.24) is 20.3 Å². The first kappa shape index (κ1) is 17.6. The Morgan fingerprint density at radius 1 is 1.04 bits per heavy atom. The number of hydrogen-bond acceptors (Lipinski definition) is 6. The molecule has 0 saturated carbocycles. The minimum Gasteiger partial charge on any atom is -0.368 e. The SMILES string of the molecule is Cc1nc(NCCNC(=O)c2ccc3ccccc3n2)cc(N(C)C)n1. The predicted octanol–water partition coefficient (Wildman–Crippen LogP) is 2.24. The van der Waals surface area contributed by atoms with Crippen LogP contribution in [0.4, 0.5) is 11.6 Å². The van der Waals surface area contributed by atoms with Crippen molar-refractivity contribution in [2.24, 2.45) is 0 Å². The van der Waals surface area contributed by atoms with Gasteiger partial charge in [0.1, 0.15) is 23.2 Å². The molecule has 26 heavy (non-hydrogen) atoms. The molecule has 3 rings (SSSR count). The lowest BCUT2D eigenvalue weighted by molar-refractivity contribution is 0.0950. The number of benzene rings is 1. The first-order chi connectivity index (χ1) is 12.5. The standard InChI is InChI=1S/C19H22N6O/c1-13-22-17(12-18(23-13)25(2)3)20-10-11-21-19(26)16-9-8-14-6-4-5-7-15(14)24-16/h4-9,12H,10-11H2,1-3H3,(H,21,26)(H,20,22,23). The molecule has 2 heterocycles. The number of amides is 1. The third-order valence-corrected chi connectivity index (χ3v) is 3.83. The van der Waals surface area contributed by atoms with Crippen LogP contribution in [0.15, 0.2) is 42.5 Å². The van der Waals surface area contributed by atoms with Crippen LogP contribution in [0.5, 0.6) is 0 Å². The van der Waals surface area contributed by atoms with Gasteiger partial charge in [0.25, 0.3) is 5.91 Å². The van der Waals surface area contributed by atoms with Crippen molar-refractivity contribution in [3.8, 4) is 0 Å². The molecule has 0 atom stereocenters. The number of fused-ring (bicyclic) bond motifs is 1. The van der Waals surface area contributed by atoms with Crippen LogP contribution >= 0.6 is 0 Å². The van der Waals surface area contributed by atoms with Gasteiger partial charge in [-0.3, -0.25) is 4.79 Å². The Hall–Kier alpha value is -3.22. The van der Waals surface area contributed by atoms with Crippen molar-refractivity contribution in [2.75, 3.05) is 37.4 Å². The molecule has 0 aliphatic rings. The van der Waals surface area contributed by atoms with Crippen molar-refractivity contribution in [3.63, 3.8) is 0 Å². The summed E-state index contributed by atoms with van der Waals surface area (Å²) in [4.78, 5) is 27.3. The van der Waals surface area contributed by atoms with Crippen LogP contribution in [0.2, 0.25) is 0 Å². The van der Waals surface area contributed by atoms with Gasteiger partial charge < -0.3 is 15.5 Å². The Balaban J connectivity index is 1.55. The van der Waals surface area contributed by atoms with Gasteiger partial charge in [-0.1, -0.05) is 24.3 Å². The van der Waals surface area contributed by atoms with Crippen LogP contribution in [0.1, 0.15) is 16.3 Å². The van der Waals surface area contributed by atoms with Crippen molar-refractivity contribution in [1.29, 1.82) is 0 Å². The minimum atomic E-state index is -0.189. The summed E-state index contributed by atoms with van der Waals surface area (Å²) < 4.78 is 0. The molecule has 2 aromatic heterocycles. The van der Waals surface area contributed by atoms with Gasteiger partial charge in [0, 0.05) is 38.6 Å². The van der Waals surface area contributed by atoms with E-state index in [1.165, 1.54) is 0 Å². The predicted molar refractivity (Wildman–Crippen MR) is 104 cm³/mol. The van der Waals surface area contributed by atoms with Crippen LogP contribution in [0.25, 0.3) is 10.9 Å². The van der Waals surface area contributed by atoms with E-state index in [0.29, 0.717) is 24.6 Å². The van der Waals surface area contributed by atoms with E-state index in [9.17, 15) is 4.79 Å². The maximum Gasteiger partial charge on any atom is 0.269 e. The summed E-state index contributed by atoms with van der Waals surface area (Å²) in [5.41, 5.74) is 1.22. The number of nitrogens with one attached hydrogen (secondary N) is 2. The summed E-state index contributed by atoms with van der Waals surface area (Å²) in [5.74, 6) is 2.08. The zero-order valence-corrected chi connectivity index (χ0v) is 15.2. The normalized spacial score (nSPS) is 10.6. The van der Waals surface area contributed by atoms with Gasteiger partial charge in [-0.2, -0.15) is 0 Å². The van der Waals surface area contributed by atoms with E-state index >= 15 is 0 Å². The summed E-state index contributed by atoms with van der Waals surface area (Å²) in [6, 6.07) is 13.2. The number of anilines is 2. The molecule has 1 aromatic carbocycles. The Bertz CT molecular complexity index is 925. The molecule has 0 unspecified atom stereocenters. The van der Waals surface area contributed by atoms with Gasteiger partial charge in [0.15, 0.2) is 0 Å². The van der Waals surface area contributed by atoms with Crippen molar-refractivity contribution in [2.45, 2.75) is 6.92 Å². The first-order valence-electron chi connectivity index (χ1n) is 8.44. The lowest BCUT2D eigenvalue weighted by Gasteiger charge is -2.14. The van der Waals surface area contributed by atoms with E-state index in [2.05, 4.69) is 25.6 Å². The molecule has 7 heteroatoms.